The van der Waals surface area contributed by atoms with Gasteiger partial charge in [0.05, 0.1) is 22.6 Å². The molecule has 1 aliphatic rings. The van der Waals surface area contributed by atoms with E-state index in [0.717, 1.165) is 5.56 Å². The van der Waals surface area contributed by atoms with Crippen LogP contribution in [0.1, 0.15) is 19.4 Å². The fraction of sp³-hybridized carbons (Fsp3) is 0.455. The van der Waals surface area contributed by atoms with Gasteiger partial charge in [0.15, 0.2) is 0 Å². The van der Waals surface area contributed by atoms with Crippen LogP contribution in [-0.2, 0) is 20.0 Å². The van der Waals surface area contributed by atoms with Crippen molar-refractivity contribution in [3.8, 4) is 5.75 Å². The third kappa shape index (κ3) is 4.78. The van der Waals surface area contributed by atoms with Crippen molar-refractivity contribution in [2.45, 2.75) is 30.6 Å². The van der Waals surface area contributed by atoms with Crippen molar-refractivity contribution in [1.82, 2.24) is 8.61 Å². The summed E-state index contributed by atoms with van der Waals surface area (Å²) in [5.74, 6) is 0.554. The van der Waals surface area contributed by atoms with Crippen molar-refractivity contribution in [2.24, 2.45) is 0 Å². The normalized spacial score (nSPS) is 15.8. The van der Waals surface area contributed by atoms with E-state index in [4.69, 9.17) is 4.74 Å². The second-order valence-electron chi connectivity index (χ2n) is 7.63. The summed E-state index contributed by atoms with van der Waals surface area (Å²) in [5.41, 5.74) is 1.54. The second-order valence-corrected chi connectivity index (χ2v) is 11.5. The first-order chi connectivity index (χ1) is 15.1. The minimum absolute atomic E-state index is 0.201. The van der Waals surface area contributed by atoms with Gasteiger partial charge in [-0.1, -0.05) is 26.0 Å². The first-order valence-corrected chi connectivity index (χ1v) is 13.5. The van der Waals surface area contributed by atoms with Gasteiger partial charge in [0.25, 0.3) is 0 Å². The van der Waals surface area contributed by atoms with Gasteiger partial charge in [0.2, 0.25) is 20.0 Å². The van der Waals surface area contributed by atoms with E-state index in [1.807, 2.05) is 17.9 Å². The van der Waals surface area contributed by atoms with Crippen LogP contribution >= 0.6 is 0 Å². The molecule has 0 amide bonds. The van der Waals surface area contributed by atoms with Crippen LogP contribution in [0.2, 0.25) is 0 Å². The standard InChI is InChI=1S/C22H31N3O5S2/c1-5-24(6-2)31(26,27)20-10-11-22(30-4)21(17-20)23-12-14-25(15-13-23)32(28,29)19-9-7-8-18(3)16-19/h7-11,16-17H,5-6,12-15H2,1-4H3. The molecule has 0 bridgehead atoms. The maximum atomic E-state index is 13.0. The number of nitrogens with zero attached hydrogens (tertiary/aromatic N) is 3. The lowest BCUT2D eigenvalue weighted by atomic mass is 10.2. The summed E-state index contributed by atoms with van der Waals surface area (Å²) in [6, 6.07) is 11.7. The van der Waals surface area contributed by atoms with Gasteiger partial charge in [0, 0.05) is 39.3 Å². The third-order valence-corrected chi connectivity index (χ3v) is 9.64. The SMILES string of the molecule is CCN(CC)S(=O)(=O)c1ccc(OC)c(N2CCN(S(=O)(=O)c3cccc(C)c3)CC2)c1. The summed E-state index contributed by atoms with van der Waals surface area (Å²) >= 11 is 0. The molecule has 1 saturated heterocycles. The quantitative estimate of drug-likeness (QED) is 0.576. The first-order valence-electron chi connectivity index (χ1n) is 10.6. The van der Waals surface area contributed by atoms with E-state index in [1.165, 1.54) is 15.7 Å². The summed E-state index contributed by atoms with van der Waals surface area (Å²) in [6.45, 7) is 7.69. The van der Waals surface area contributed by atoms with Gasteiger partial charge in [-0.2, -0.15) is 8.61 Å². The van der Waals surface area contributed by atoms with Crippen LogP contribution in [-0.4, -0.2) is 71.8 Å². The van der Waals surface area contributed by atoms with Crippen molar-refractivity contribution in [3.63, 3.8) is 0 Å². The van der Waals surface area contributed by atoms with Gasteiger partial charge in [-0.05, 0) is 42.8 Å². The van der Waals surface area contributed by atoms with Gasteiger partial charge in [-0.25, -0.2) is 16.8 Å². The van der Waals surface area contributed by atoms with E-state index < -0.39 is 20.0 Å². The molecule has 0 aromatic heterocycles. The van der Waals surface area contributed by atoms with E-state index in [0.29, 0.717) is 50.7 Å². The molecule has 1 heterocycles. The smallest absolute Gasteiger partial charge is 0.243 e. The first kappa shape index (κ1) is 24.5. The average Bonchev–Trinajstić information content (AvgIpc) is 2.79. The van der Waals surface area contributed by atoms with E-state index in [1.54, 1.807) is 50.2 Å². The fourth-order valence-electron chi connectivity index (χ4n) is 3.88. The molecule has 1 fully saturated rings. The fourth-order valence-corrected chi connectivity index (χ4v) is 6.89. The van der Waals surface area contributed by atoms with Gasteiger partial charge < -0.3 is 9.64 Å². The highest BCUT2D eigenvalue weighted by Crippen LogP contribution is 2.33. The predicted molar refractivity (Wildman–Crippen MR) is 125 cm³/mol. The van der Waals surface area contributed by atoms with Crippen molar-refractivity contribution in [3.05, 3.63) is 48.0 Å². The highest BCUT2D eigenvalue weighted by molar-refractivity contribution is 7.89. The number of rotatable bonds is 8. The highest BCUT2D eigenvalue weighted by atomic mass is 32.2. The Kier molecular flexibility index (Phi) is 7.49. The van der Waals surface area contributed by atoms with Crippen LogP contribution in [0, 0.1) is 6.92 Å². The second kappa shape index (κ2) is 9.78. The van der Waals surface area contributed by atoms with Crippen LogP contribution < -0.4 is 9.64 Å². The maximum Gasteiger partial charge on any atom is 0.243 e. The van der Waals surface area contributed by atoms with Crippen molar-refractivity contribution >= 4 is 25.7 Å². The molecule has 1 aliphatic heterocycles. The Balaban J connectivity index is 1.85. The molecule has 3 rings (SSSR count). The van der Waals surface area contributed by atoms with Crippen molar-refractivity contribution in [1.29, 1.82) is 0 Å². The lowest BCUT2D eigenvalue weighted by molar-refractivity contribution is 0.378. The molecule has 0 saturated carbocycles. The lowest BCUT2D eigenvalue weighted by Crippen LogP contribution is -2.48. The zero-order chi connectivity index (χ0) is 23.5. The summed E-state index contributed by atoms with van der Waals surface area (Å²) in [4.78, 5) is 2.46. The molecule has 0 atom stereocenters. The summed E-state index contributed by atoms with van der Waals surface area (Å²) in [6.07, 6.45) is 0. The monoisotopic (exact) mass is 481 g/mol. The Morgan fingerprint density at radius 2 is 1.56 bits per heavy atom. The van der Waals surface area contributed by atoms with E-state index >= 15 is 0 Å². The molecule has 32 heavy (non-hydrogen) atoms. The van der Waals surface area contributed by atoms with Gasteiger partial charge in [-0.3, -0.25) is 0 Å². The minimum atomic E-state index is -3.62. The number of aryl methyl sites for hydroxylation is 1. The molecule has 10 heteroatoms. The maximum absolute atomic E-state index is 13.0. The van der Waals surface area contributed by atoms with Crippen LogP contribution in [0.3, 0.4) is 0 Å². The number of sulfonamides is 2. The molecule has 0 radical (unpaired) electrons. The van der Waals surface area contributed by atoms with E-state index in [-0.39, 0.29) is 9.79 Å². The average molecular weight is 482 g/mol. The van der Waals surface area contributed by atoms with Crippen molar-refractivity contribution in [2.75, 3.05) is 51.3 Å². The molecule has 8 nitrogen and oxygen atoms in total. The Morgan fingerprint density at radius 1 is 0.906 bits per heavy atom. The Morgan fingerprint density at radius 3 is 2.12 bits per heavy atom. The lowest BCUT2D eigenvalue weighted by Gasteiger charge is -2.36. The predicted octanol–water partition coefficient (Wildman–Crippen LogP) is 2.55. The zero-order valence-electron chi connectivity index (χ0n) is 19.0. The molecule has 0 unspecified atom stereocenters. The Bertz CT molecular complexity index is 1150. The number of hydrogen-bond donors (Lipinski definition) is 0. The minimum Gasteiger partial charge on any atom is -0.495 e. The number of piperazine rings is 1. The highest BCUT2D eigenvalue weighted by Gasteiger charge is 2.30. The van der Waals surface area contributed by atoms with Gasteiger partial charge >= 0.3 is 0 Å². The van der Waals surface area contributed by atoms with Crippen LogP contribution in [0.15, 0.2) is 52.3 Å². The molecular formula is C22H31N3O5S2. The zero-order valence-corrected chi connectivity index (χ0v) is 20.6. The summed E-state index contributed by atoms with van der Waals surface area (Å²) in [5, 5.41) is 0. The largest absolute Gasteiger partial charge is 0.495 e. The van der Waals surface area contributed by atoms with Crippen LogP contribution in [0.25, 0.3) is 0 Å². The Labute approximate surface area is 191 Å². The topological polar surface area (TPSA) is 87.2 Å². The molecule has 2 aromatic rings. The van der Waals surface area contributed by atoms with E-state index in [9.17, 15) is 16.8 Å². The molecular weight excluding hydrogens is 450 g/mol. The van der Waals surface area contributed by atoms with Crippen molar-refractivity contribution < 1.29 is 21.6 Å². The Hall–Kier alpha value is -2.14. The van der Waals surface area contributed by atoms with Gasteiger partial charge in [-0.15, -0.1) is 0 Å². The number of anilines is 1. The molecule has 0 aliphatic carbocycles. The van der Waals surface area contributed by atoms with Gasteiger partial charge in [0.1, 0.15) is 5.75 Å². The van der Waals surface area contributed by atoms with E-state index in [2.05, 4.69) is 0 Å². The van der Waals surface area contributed by atoms with Crippen LogP contribution in [0.5, 0.6) is 5.75 Å². The number of hydrogen-bond acceptors (Lipinski definition) is 6. The number of methoxy groups -OCH3 is 1. The molecule has 0 spiro atoms. The number of benzene rings is 2. The summed E-state index contributed by atoms with van der Waals surface area (Å²) in [7, 11) is -5.66. The molecule has 2 aromatic carbocycles. The molecule has 176 valence electrons. The summed E-state index contributed by atoms with van der Waals surface area (Å²) < 4.78 is 60.4. The third-order valence-electron chi connectivity index (χ3n) is 5.70. The van der Waals surface area contributed by atoms with Crippen LogP contribution in [0.4, 0.5) is 5.69 Å². The number of ether oxygens (including phenoxy) is 1. The molecule has 0 N–H and O–H groups in total.